The Balaban J connectivity index is 1.45. The number of para-hydroxylation sites is 2. The highest BCUT2D eigenvalue weighted by Crippen LogP contribution is 2.23. The van der Waals surface area contributed by atoms with E-state index in [1.54, 1.807) is 0 Å². The van der Waals surface area contributed by atoms with Crippen molar-refractivity contribution in [3.05, 3.63) is 90.6 Å². The van der Waals surface area contributed by atoms with Gasteiger partial charge in [0.25, 0.3) is 0 Å². The van der Waals surface area contributed by atoms with Crippen molar-refractivity contribution in [3.8, 4) is 28.3 Å². The molecule has 0 amide bonds. The average molecular weight is 350 g/mol. The molecule has 0 aliphatic rings. The summed E-state index contributed by atoms with van der Waals surface area (Å²) in [6.45, 7) is 2.09. The third-order valence-electron chi connectivity index (χ3n) is 4.70. The summed E-state index contributed by atoms with van der Waals surface area (Å²) in [6.07, 6.45) is 1.99. The Labute approximate surface area is 157 Å². The van der Waals surface area contributed by atoms with E-state index >= 15 is 0 Å². The van der Waals surface area contributed by atoms with Crippen LogP contribution in [0.1, 0.15) is 5.56 Å². The fourth-order valence-electron chi connectivity index (χ4n) is 3.29. The Kier molecular flexibility index (Phi) is 3.61. The first kappa shape index (κ1) is 15.6. The molecule has 4 heteroatoms. The normalized spacial score (nSPS) is 11.1. The van der Waals surface area contributed by atoms with Crippen LogP contribution in [-0.2, 0) is 0 Å². The zero-order valence-electron chi connectivity index (χ0n) is 14.9. The lowest BCUT2D eigenvalue weighted by molar-refractivity contribution is 0.884. The van der Waals surface area contributed by atoms with Gasteiger partial charge in [0.2, 0.25) is 0 Å². The molecule has 0 unspecified atom stereocenters. The lowest BCUT2D eigenvalue weighted by Gasteiger charge is -2.03. The molecule has 5 aromatic rings. The molecule has 0 fully saturated rings. The molecule has 27 heavy (non-hydrogen) atoms. The van der Waals surface area contributed by atoms with Crippen molar-refractivity contribution in [1.82, 2.24) is 19.7 Å². The van der Waals surface area contributed by atoms with Crippen molar-refractivity contribution in [3.63, 3.8) is 0 Å². The zero-order chi connectivity index (χ0) is 18.2. The van der Waals surface area contributed by atoms with Crippen molar-refractivity contribution in [2.24, 2.45) is 0 Å². The SMILES string of the molecule is Cc1cccc(-c2ccn(-c3ccc(-c4nc5ccccc5[nH]4)cc3)n2)c1. The first-order valence-corrected chi connectivity index (χ1v) is 8.94. The van der Waals surface area contributed by atoms with Gasteiger partial charge in [-0.2, -0.15) is 5.10 Å². The predicted molar refractivity (Wildman–Crippen MR) is 109 cm³/mol. The van der Waals surface area contributed by atoms with Crippen molar-refractivity contribution >= 4 is 11.0 Å². The highest BCUT2D eigenvalue weighted by molar-refractivity contribution is 5.79. The fourth-order valence-corrected chi connectivity index (χ4v) is 3.29. The molecular formula is C23H18N4. The van der Waals surface area contributed by atoms with Gasteiger partial charge in [-0.15, -0.1) is 0 Å². The van der Waals surface area contributed by atoms with Gasteiger partial charge in [0.05, 0.1) is 22.4 Å². The predicted octanol–water partition coefficient (Wildman–Crippen LogP) is 5.39. The summed E-state index contributed by atoms with van der Waals surface area (Å²) in [5.41, 5.74) is 7.44. The average Bonchev–Trinajstić information content (AvgIpc) is 3.35. The number of fused-ring (bicyclic) bond motifs is 1. The number of aryl methyl sites for hydroxylation is 1. The van der Waals surface area contributed by atoms with Gasteiger partial charge in [0.15, 0.2) is 0 Å². The maximum Gasteiger partial charge on any atom is 0.138 e. The zero-order valence-corrected chi connectivity index (χ0v) is 14.9. The molecule has 3 aromatic carbocycles. The van der Waals surface area contributed by atoms with E-state index in [2.05, 4.69) is 65.4 Å². The topological polar surface area (TPSA) is 46.5 Å². The number of imidazole rings is 1. The van der Waals surface area contributed by atoms with Crippen molar-refractivity contribution in [2.75, 3.05) is 0 Å². The number of rotatable bonds is 3. The van der Waals surface area contributed by atoms with E-state index in [-0.39, 0.29) is 0 Å². The van der Waals surface area contributed by atoms with Crippen molar-refractivity contribution in [2.45, 2.75) is 6.92 Å². The molecule has 0 aliphatic carbocycles. The van der Waals surface area contributed by atoms with Gasteiger partial charge >= 0.3 is 0 Å². The first-order valence-electron chi connectivity index (χ1n) is 8.94. The Morgan fingerprint density at radius 2 is 1.67 bits per heavy atom. The van der Waals surface area contributed by atoms with E-state index in [4.69, 9.17) is 5.10 Å². The van der Waals surface area contributed by atoms with E-state index in [9.17, 15) is 0 Å². The Morgan fingerprint density at radius 1 is 0.815 bits per heavy atom. The van der Waals surface area contributed by atoms with Crippen LogP contribution in [0.15, 0.2) is 85.1 Å². The largest absolute Gasteiger partial charge is 0.338 e. The molecule has 4 nitrogen and oxygen atoms in total. The molecule has 0 radical (unpaired) electrons. The monoisotopic (exact) mass is 350 g/mol. The van der Waals surface area contributed by atoms with Crippen LogP contribution in [0, 0.1) is 6.92 Å². The van der Waals surface area contributed by atoms with Gasteiger partial charge in [-0.25, -0.2) is 9.67 Å². The molecule has 5 rings (SSSR count). The van der Waals surface area contributed by atoms with Crippen LogP contribution in [-0.4, -0.2) is 19.7 Å². The molecule has 2 heterocycles. The minimum atomic E-state index is 0.878. The highest BCUT2D eigenvalue weighted by atomic mass is 15.3. The van der Waals surface area contributed by atoms with E-state index in [0.29, 0.717) is 0 Å². The molecule has 0 saturated heterocycles. The van der Waals surface area contributed by atoms with Gasteiger partial charge in [-0.3, -0.25) is 0 Å². The third-order valence-corrected chi connectivity index (χ3v) is 4.70. The molecule has 0 spiro atoms. The van der Waals surface area contributed by atoms with Gasteiger partial charge < -0.3 is 4.98 Å². The first-order chi connectivity index (χ1) is 13.3. The Hall–Kier alpha value is -3.66. The van der Waals surface area contributed by atoms with Gasteiger partial charge in [0, 0.05) is 17.3 Å². The second kappa shape index (κ2) is 6.25. The molecule has 0 atom stereocenters. The van der Waals surface area contributed by atoms with Crippen LogP contribution in [0.4, 0.5) is 0 Å². The van der Waals surface area contributed by atoms with E-state index in [0.717, 1.165) is 39.4 Å². The number of aromatic amines is 1. The Morgan fingerprint density at radius 3 is 2.48 bits per heavy atom. The second-order valence-corrected chi connectivity index (χ2v) is 6.66. The highest BCUT2D eigenvalue weighted by Gasteiger charge is 2.07. The Bertz CT molecular complexity index is 1200. The number of hydrogen-bond acceptors (Lipinski definition) is 2. The minimum Gasteiger partial charge on any atom is -0.338 e. The number of benzene rings is 3. The molecule has 0 bridgehead atoms. The van der Waals surface area contributed by atoms with Crippen LogP contribution < -0.4 is 0 Å². The fraction of sp³-hybridized carbons (Fsp3) is 0.0435. The van der Waals surface area contributed by atoms with E-state index in [1.807, 2.05) is 41.2 Å². The lowest BCUT2D eigenvalue weighted by atomic mass is 10.1. The summed E-state index contributed by atoms with van der Waals surface area (Å²) in [6, 6.07) is 26.8. The second-order valence-electron chi connectivity index (χ2n) is 6.66. The van der Waals surface area contributed by atoms with Crippen LogP contribution in [0.2, 0.25) is 0 Å². The van der Waals surface area contributed by atoms with Gasteiger partial charge in [-0.05, 0) is 55.5 Å². The number of hydrogen-bond donors (Lipinski definition) is 1. The van der Waals surface area contributed by atoms with Crippen molar-refractivity contribution in [1.29, 1.82) is 0 Å². The van der Waals surface area contributed by atoms with E-state index < -0.39 is 0 Å². The van der Waals surface area contributed by atoms with Crippen LogP contribution >= 0.6 is 0 Å². The van der Waals surface area contributed by atoms with E-state index in [1.165, 1.54) is 5.56 Å². The summed E-state index contributed by atoms with van der Waals surface area (Å²) in [5, 5.41) is 4.72. The lowest BCUT2D eigenvalue weighted by Crippen LogP contribution is -1.95. The van der Waals surface area contributed by atoms with Gasteiger partial charge in [-0.1, -0.05) is 35.9 Å². The smallest absolute Gasteiger partial charge is 0.138 e. The summed E-state index contributed by atoms with van der Waals surface area (Å²) in [5.74, 6) is 0.878. The molecular weight excluding hydrogens is 332 g/mol. The number of H-pyrrole nitrogens is 1. The quantitative estimate of drug-likeness (QED) is 0.474. The van der Waals surface area contributed by atoms with Crippen LogP contribution in [0.3, 0.4) is 0 Å². The van der Waals surface area contributed by atoms with Gasteiger partial charge in [0.1, 0.15) is 5.82 Å². The number of aromatic nitrogens is 4. The van der Waals surface area contributed by atoms with Crippen molar-refractivity contribution < 1.29 is 0 Å². The maximum atomic E-state index is 4.72. The summed E-state index contributed by atoms with van der Waals surface area (Å²) in [7, 11) is 0. The summed E-state index contributed by atoms with van der Waals surface area (Å²) < 4.78 is 1.90. The third kappa shape index (κ3) is 2.91. The molecule has 130 valence electrons. The molecule has 1 N–H and O–H groups in total. The molecule has 0 aliphatic heterocycles. The molecule has 0 saturated carbocycles. The maximum absolute atomic E-state index is 4.72. The standard InChI is InChI=1S/C23H18N4/c1-16-5-4-6-18(15-16)20-13-14-27(26-20)19-11-9-17(10-12-19)23-24-21-7-2-3-8-22(21)25-23/h2-15H,1H3,(H,24,25). The number of nitrogens with one attached hydrogen (secondary N) is 1. The van der Waals surface area contributed by atoms with Crippen LogP contribution in [0.25, 0.3) is 39.4 Å². The molecule has 2 aromatic heterocycles. The minimum absolute atomic E-state index is 0.878. The number of nitrogens with zero attached hydrogens (tertiary/aromatic N) is 3. The van der Waals surface area contributed by atoms with Crippen LogP contribution in [0.5, 0.6) is 0 Å². The summed E-state index contributed by atoms with van der Waals surface area (Å²) >= 11 is 0. The summed E-state index contributed by atoms with van der Waals surface area (Å²) in [4.78, 5) is 8.03.